The van der Waals surface area contributed by atoms with Crippen molar-refractivity contribution in [2.24, 2.45) is 0 Å². The lowest BCUT2D eigenvalue weighted by Crippen LogP contribution is -2.45. The highest BCUT2D eigenvalue weighted by Crippen LogP contribution is 2.16. The zero-order valence-electron chi connectivity index (χ0n) is 12.3. The predicted molar refractivity (Wildman–Crippen MR) is 78.5 cm³/mol. The van der Waals surface area contributed by atoms with Crippen LogP contribution in [0.1, 0.15) is 19.4 Å². The summed E-state index contributed by atoms with van der Waals surface area (Å²) in [6, 6.07) is 7.99. The summed E-state index contributed by atoms with van der Waals surface area (Å²) in [7, 11) is 1.78. The fourth-order valence-electron chi connectivity index (χ4n) is 1.99. The van der Waals surface area contributed by atoms with Gasteiger partial charge in [0.25, 0.3) is 0 Å². The van der Waals surface area contributed by atoms with E-state index in [1.807, 2.05) is 13.0 Å². The number of esters is 1. The van der Waals surface area contributed by atoms with Crippen LogP contribution in [0.2, 0.25) is 0 Å². The Labute approximate surface area is 115 Å². The van der Waals surface area contributed by atoms with Gasteiger partial charge in [0, 0.05) is 18.8 Å². The third-order valence-electron chi connectivity index (χ3n) is 3.07. The van der Waals surface area contributed by atoms with Gasteiger partial charge in [-0.2, -0.15) is 0 Å². The number of rotatable bonds is 7. The van der Waals surface area contributed by atoms with Gasteiger partial charge in [-0.1, -0.05) is 12.1 Å². The molecule has 19 heavy (non-hydrogen) atoms. The number of benzene rings is 1. The second kappa shape index (κ2) is 7.79. The minimum Gasteiger partial charge on any atom is -0.465 e. The quantitative estimate of drug-likeness (QED) is 0.765. The van der Waals surface area contributed by atoms with Crippen LogP contribution in [0.25, 0.3) is 0 Å². The second-order valence-electron chi connectivity index (χ2n) is 4.47. The molecule has 4 heteroatoms. The number of hydrogen-bond donors (Lipinski definition) is 1. The maximum Gasteiger partial charge on any atom is 0.324 e. The molecule has 1 unspecified atom stereocenters. The fourth-order valence-corrected chi connectivity index (χ4v) is 1.99. The molecule has 4 nitrogen and oxygen atoms in total. The van der Waals surface area contributed by atoms with E-state index in [0.29, 0.717) is 13.2 Å². The standard InChI is InChI=1S/C15H24N2O2/c1-5-17(13-9-7-8-12(3)10-13)11-14(16-4)15(18)19-6-2/h7-10,14,16H,5-6,11H2,1-4H3. The maximum atomic E-state index is 11.8. The van der Waals surface area contributed by atoms with Gasteiger partial charge in [0.2, 0.25) is 0 Å². The molecule has 0 amide bonds. The Morgan fingerprint density at radius 1 is 1.42 bits per heavy atom. The summed E-state index contributed by atoms with van der Waals surface area (Å²) in [6.07, 6.45) is 0. The molecule has 0 saturated heterocycles. The second-order valence-corrected chi connectivity index (χ2v) is 4.47. The number of carbonyl (C=O) groups is 1. The van der Waals surface area contributed by atoms with Crippen molar-refractivity contribution in [3.63, 3.8) is 0 Å². The smallest absolute Gasteiger partial charge is 0.324 e. The summed E-state index contributed by atoms with van der Waals surface area (Å²) in [5.41, 5.74) is 2.35. The van der Waals surface area contributed by atoms with Gasteiger partial charge >= 0.3 is 5.97 Å². The van der Waals surface area contributed by atoms with Crippen LogP contribution in [0.15, 0.2) is 24.3 Å². The summed E-state index contributed by atoms with van der Waals surface area (Å²) in [5, 5.41) is 3.02. The number of likely N-dealkylation sites (N-methyl/N-ethyl adjacent to an activating group) is 2. The monoisotopic (exact) mass is 264 g/mol. The lowest BCUT2D eigenvalue weighted by atomic mass is 10.2. The van der Waals surface area contributed by atoms with E-state index in [1.54, 1.807) is 7.05 Å². The van der Waals surface area contributed by atoms with Gasteiger partial charge in [-0.15, -0.1) is 0 Å². The maximum absolute atomic E-state index is 11.8. The first-order valence-electron chi connectivity index (χ1n) is 6.77. The molecule has 0 aromatic heterocycles. The Bertz CT molecular complexity index is 407. The van der Waals surface area contributed by atoms with Gasteiger partial charge in [-0.05, 0) is 45.5 Å². The highest BCUT2D eigenvalue weighted by molar-refractivity contribution is 5.76. The molecule has 0 radical (unpaired) electrons. The molecule has 0 bridgehead atoms. The van der Waals surface area contributed by atoms with Crippen molar-refractivity contribution >= 4 is 11.7 Å². The van der Waals surface area contributed by atoms with Crippen LogP contribution >= 0.6 is 0 Å². The molecule has 1 aromatic rings. The predicted octanol–water partition coefficient (Wildman–Crippen LogP) is 1.97. The Morgan fingerprint density at radius 2 is 2.16 bits per heavy atom. The third-order valence-corrected chi connectivity index (χ3v) is 3.07. The van der Waals surface area contributed by atoms with Crippen LogP contribution in [-0.2, 0) is 9.53 Å². The molecular weight excluding hydrogens is 240 g/mol. The first kappa shape index (κ1) is 15.5. The van der Waals surface area contributed by atoms with Crippen LogP contribution in [-0.4, -0.2) is 38.8 Å². The Morgan fingerprint density at radius 3 is 2.68 bits per heavy atom. The van der Waals surface area contributed by atoms with Gasteiger partial charge in [0.1, 0.15) is 6.04 Å². The number of ether oxygens (including phenoxy) is 1. The van der Waals surface area contributed by atoms with Crippen LogP contribution in [0.4, 0.5) is 5.69 Å². The third kappa shape index (κ3) is 4.56. The number of nitrogens with zero attached hydrogens (tertiary/aromatic N) is 1. The molecule has 0 heterocycles. The minimum absolute atomic E-state index is 0.198. The lowest BCUT2D eigenvalue weighted by Gasteiger charge is -2.27. The van der Waals surface area contributed by atoms with E-state index in [-0.39, 0.29) is 12.0 Å². The summed E-state index contributed by atoms with van der Waals surface area (Å²) < 4.78 is 5.07. The van der Waals surface area contributed by atoms with E-state index in [2.05, 4.69) is 42.3 Å². The molecule has 1 atom stereocenters. The van der Waals surface area contributed by atoms with Gasteiger partial charge in [0.15, 0.2) is 0 Å². The van der Waals surface area contributed by atoms with E-state index < -0.39 is 0 Å². The zero-order valence-corrected chi connectivity index (χ0v) is 12.3. The van der Waals surface area contributed by atoms with E-state index in [0.717, 1.165) is 12.2 Å². The molecule has 0 spiro atoms. The SMILES string of the molecule is CCOC(=O)C(CN(CC)c1cccc(C)c1)NC. The normalized spacial score (nSPS) is 12.0. The molecular formula is C15H24N2O2. The van der Waals surface area contributed by atoms with Crippen molar-refractivity contribution in [1.82, 2.24) is 5.32 Å². The van der Waals surface area contributed by atoms with Gasteiger partial charge in [0.05, 0.1) is 6.61 Å². The van der Waals surface area contributed by atoms with Crippen LogP contribution in [0.5, 0.6) is 0 Å². The average molecular weight is 264 g/mol. The topological polar surface area (TPSA) is 41.6 Å². The number of anilines is 1. The number of hydrogen-bond acceptors (Lipinski definition) is 4. The van der Waals surface area contributed by atoms with E-state index in [4.69, 9.17) is 4.74 Å². The van der Waals surface area contributed by atoms with E-state index in [1.165, 1.54) is 5.56 Å². The molecule has 1 N–H and O–H groups in total. The molecule has 106 valence electrons. The van der Waals surface area contributed by atoms with Crippen molar-refractivity contribution in [1.29, 1.82) is 0 Å². The number of nitrogens with one attached hydrogen (secondary N) is 1. The molecule has 1 rings (SSSR count). The van der Waals surface area contributed by atoms with E-state index in [9.17, 15) is 4.79 Å². The van der Waals surface area contributed by atoms with Gasteiger partial charge in [-0.3, -0.25) is 4.79 Å². The zero-order chi connectivity index (χ0) is 14.3. The highest BCUT2D eigenvalue weighted by atomic mass is 16.5. The van der Waals surface area contributed by atoms with Crippen LogP contribution in [0, 0.1) is 6.92 Å². The van der Waals surface area contributed by atoms with Crippen LogP contribution in [0.3, 0.4) is 0 Å². The molecule has 0 aliphatic rings. The fraction of sp³-hybridized carbons (Fsp3) is 0.533. The molecule has 0 saturated carbocycles. The lowest BCUT2D eigenvalue weighted by molar-refractivity contribution is -0.145. The molecule has 0 aliphatic carbocycles. The van der Waals surface area contributed by atoms with Crippen molar-refractivity contribution in [2.75, 3.05) is 31.6 Å². The van der Waals surface area contributed by atoms with Crippen molar-refractivity contribution < 1.29 is 9.53 Å². The van der Waals surface area contributed by atoms with Gasteiger partial charge in [-0.25, -0.2) is 0 Å². The highest BCUT2D eigenvalue weighted by Gasteiger charge is 2.20. The Kier molecular flexibility index (Phi) is 6.36. The Balaban J connectivity index is 2.77. The minimum atomic E-state index is -0.305. The van der Waals surface area contributed by atoms with Crippen molar-refractivity contribution in [3.05, 3.63) is 29.8 Å². The number of carbonyl (C=O) groups excluding carboxylic acids is 1. The average Bonchev–Trinajstić information content (AvgIpc) is 2.40. The molecule has 0 aliphatic heterocycles. The van der Waals surface area contributed by atoms with Gasteiger partial charge < -0.3 is 15.0 Å². The molecule has 0 fully saturated rings. The Hall–Kier alpha value is -1.55. The molecule has 1 aromatic carbocycles. The first-order chi connectivity index (χ1) is 9.12. The summed E-state index contributed by atoms with van der Waals surface area (Å²) in [5.74, 6) is -0.198. The van der Waals surface area contributed by atoms with Crippen molar-refractivity contribution in [2.45, 2.75) is 26.8 Å². The van der Waals surface area contributed by atoms with Crippen molar-refractivity contribution in [3.8, 4) is 0 Å². The summed E-state index contributed by atoms with van der Waals surface area (Å²) in [4.78, 5) is 14.0. The summed E-state index contributed by atoms with van der Waals surface area (Å²) in [6.45, 7) is 7.84. The largest absolute Gasteiger partial charge is 0.465 e. The number of aryl methyl sites for hydroxylation is 1. The first-order valence-corrected chi connectivity index (χ1v) is 6.77. The van der Waals surface area contributed by atoms with E-state index >= 15 is 0 Å². The summed E-state index contributed by atoms with van der Waals surface area (Å²) >= 11 is 0. The van der Waals surface area contributed by atoms with Crippen LogP contribution < -0.4 is 10.2 Å².